The summed E-state index contributed by atoms with van der Waals surface area (Å²) in [6, 6.07) is 14.3. The maximum Gasteiger partial charge on any atom is 0.335 e. The predicted molar refractivity (Wildman–Crippen MR) is 89.8 cm³/mol. The van der Waals surface area contributed by atoms with Gasteiger partial charge in [-0.25, -0.2) is 4.79 Å². The molecule has 0 aliphatic carbocycles. The Bertz CT molecular complexity index is 690. The Morgan fingerprint density at radius 1 is 1.00 bits per heavy atom. The average molecular weight is 311 g/mol. The van der Waals surface area contributed by atoms with Crippen molar-refractivity contribution in [3.8, 4) is 0 Å². The molecule has 0 saturated heterocycles. The van der Waals surface area contributed by atoms with Gasteiger partial charge in [0.25, 0.3) is 5.91 Å². The molecule has 0 heterocycles. The van der Waals surface area contributed by atoms with E-state index in [1.54, 1.807) is 24.1 Å². The standard InChI is InChI=1S/C19H21NO3/c1-13-4-6-15(7-5-13)12-14(2)20(3)18(21)16-8-10-17(11-9-16)19(22)23/h4-11,14H,12H2,1-3H3,(H,22,23). The summed E-state index contributed by atoms with van der Waals surface area (Å²) in [5, 5.41) is 8.90. The minimum absolute atomic E-state index is 0.0457. The topological polar surface area (TPSA) is 57.6 Å². The summed E-state index contributed by atoms with van der Waals surface area (Å²) in [6.07, 6.45) is 0.774. The van der Waals surface area contributed by atoms with E-state index < -0.39 is 5.97 Å². The highest BCUT2D eigenvalue weighted by Gasteiger charge is 2.18. The van der Waals surface area contributed by atoms with Crippen molar-refractivity contribution < 1.29 is 14.7 Å². The second-order valence-electron chi connectivity index (χ2n) is 5.84. The second kappa shape index (κ2) is 7.09. The molecule has 0 bridgehead atoms. The van der Waals surface area contributed by atoms with Crippen molar-refractivity contribution in [1.29, 1.82) is 0 Å². The molecule has 1 amide bonds. The van der Waals surface area contributed by atoms with Crippen molar-refractivity contribution in [2.45, 2.75) is 26.3 Å². The molecule has 1 atom stereocenters. The molecule has 0 aromatic heterocycles. The van der Waals surface area contributed by atoms with Crippen LogP contribution in [-0.2, 0) is 6.42 Å². The van der Waals surface area contributed by atoms with E-state index in [1.807, 2.05) is 13.8 Å². The largest absolute Gasteiger partial charge is 0.478 e. The van der Waals surface area contributed by atoms with Crippen LogP contribution in [0, 0.1) is 6.92 Å². The van der Waals surface area contributed by atoms with Gasteiger partial charge in [0.15, 0.2) is 0 Å². The number of hydrogen-bond donors (Lipinski definition) is 1. The first-order chi connectivity index (χ1) is 10.9. The molecule has 0 saturated carbocycles. The van der Waals surface area contributed by atoms with Crippen molar-refractivity contribution >= 4 is 11.9 Å². The van der Waals surface area contributed by atoms with Gasteiger partial charge < -0.3 is 10.0 Å². The van der Waals surface area contributed by atoms with Crippen molar-refractivity contribution in [1.82, 2.24) is 4.90 Å². The predicted octanol–water partition coefficient (Wildman–Crippen LogP) is 3.40. The van der Waals surface area contributed by atoms with Gasteiger partial charge in [-0.05, 0) is 50.1 Å². The van der Waals surface area contributed by atoms with Crippen molar-refractivity contribution in [3.63, 3.8) is 0 Å². The van der Waals surface area contributed by atoms with Crippen LogP contribution in [0.15, 0.2) is 48.5 Å². The molecule has 0 radical (unpaired) electrons. The van der Waals surface area contributed by atoms with Crippen LogP contribution in [0.3, 0.4) is 0 Å². The Labute approximate surface area is 136 Å². The first kappa shape index (κ1) is 16.7. The van der Waals surface area contributed by atoms with Crippen molar-refractivity contribution in [2.75, 3.05) is 7.05 Å². The number of benzene rings is 2. The van der Waals surface area contributed by atoms with Gasteiger partial charge in [0, 0.05) is 18.7 Å². The van der Waals surface area contributed by atoms with Crippen LogP contribution in [0.1, 0.15) is 38.8 Å². The van der Waals surface area contributed by atoms with E-state index in [9.17, 15) is 9.59 Å². The summed E-state index contributed by atoms with van der Waals surface area (Å²) >= 11 is 0. The number of likely N-dealkylation sites (N-methyl/N-ethyl adjacent to an activating group) is 1. The first-order valence-corrected chi connectivity index (χ1v) is 7.54. The van der Waals surface area contributed by atoms with Crippen molar-refractivity contribution in [3.05, 3.63) is 70.8 Å². The molecular weight excluding hydrogens is 290 g/mol. The van der Waals surface area contributed by atoms with E-state index in [-0.39, 0.29) is 17.5 Å². The highest BCUT2D eigenvalue weighted by Crippen LogP contribution is 2.13. The molecular formula is C19H21NO3. The fourth-order valence-electron chi connectivity index (χ4n) is 2.36. The lowest BCUT2D eigenvalue weighted by Crippen LogP contribution is -2.36. The van der Waals surface area contributed by atoms with Crippen LogP contribution in [-0.4, -0.2) is 35.0 Å². The van der Waals surface area contributed by atoms with Gasteiger partial charge in [0.05, 0.1) is 5.56 Å². The van der Waals surface area contributed by atoms with E-state index in [4.69, 9.17) is 5.11 Å². The zero-order valence-electron chi connectivity index (χ0n) is 13.6. The van der Waals surface area contributed by atoms with Crippen LogP contribution >= 0.6 is 0 Å². The molecule has 4 heteroatoms. The smallest absolute Gasteiger partial charge is 0.335 e. The normalized spacial score (nSPS) is 11.8. The molecule has 0 aliphatic rings. The average Bonchev–Trinajstić information content (AvgIpc) is 2.55. The van der Waals surface area contributed by atoms with Gasteiger partial charge in [-0.1, -0.05) is 29.8 Å². The molecule has 2 aromatic rings. The molecule has 0 aliphatic heterocycles. The number of amides is 1. The minimum atomic E-state index is -0.995. The lowest BCUT2D eigenvalue weighted by Gasteiger charge is -2.25. The van der Waals surface area contributed by atoms with Crippen molar-refractivity contribution in [2.24, 2.45) is 0 Å². The summed E-state index contributed by atoms with van der Waals surface area (Å²) in [7, 11) is 1.77. The lowest BCUT2D eigenvalue weighted by molar-refractivity contribution is 0.0693. The van der Waals surface area contributed by atoms with E-state index in [0.29, 0.717) is 5.56 Å². The van der Waals surface area contributed by atoms with Gasteiger partial charge in [0.2, 0.25) is 0 Å². The molecule has 120 valence electrons. The Morgan fingerprint density at radius 3 is 2.04 bits per heavy atom. The maximum atomic E-state index is 12.5. The third kappa shape index (κ3) is 4.19. The fraction of sp³-hybridized carbons (Fsp3) is 0.263. The molecule has 23 heavy (non-hydrogen) atoms. The monoisotopic (exact) mass is 311 g/mol. The van der Waals surface area contributed by atoms with E-state index in [1.165, 1.54) is 23.3 Å². The van der Waals surface area contributed by atoms with E-state index in [2.05, 4.69) is 24.3 Å². The molecule has 1 unspecified atom stereocenters. The molecule has 0 spiro atoms. The van der Waals surface area contributed by atoms with Crippen LogP contribution < -0.4 is 0 Å². The number of carboxylic acid groups (broad SMARTS) is 1. The Hall–Kier alpha value is -2.62. The van der Waals surface area contributed by atoms with Gasteiger partial charge in [-0.3, -0.25) is 4.79 Å². The highest BCUT2D eigenvalue weighted by atomic mass is 16.4. The van der Waals surface area contributed by atoms with Crippen LogP contribution in [0.2, 0.25) is 0 Å². The number of rotatable bonds is 5. The molecule has 4 nitrogen and oxygen atoms in total. The number of hydrogen-bond acceptors (Lipinski definition) is 2. The summed E-state index contributed by atoms with van der Waals surface area (Å²) in [4.78, 5) is 25.0. The lowest BCUT2D eigenvalue weighted by atomic mass is 10.0. The Balaban J connectivity index is 2.05. The van der Waals surface area contributed by atoms with Crippen LogP contribution in [0.4, 0.5) is 0 Å². The third-order valence-corrected chi connectivity index (χ3v) is 4.01. The SMILES string of the molecule is Cc1ccc(CC(C)N(C)C(=O)c2ccc(C(=O)O)cc2)cc1. The quantitative estimate of drug-likeness (QED) is 0.920. The number of aromatic carboxylic acids is 1. The Kier molecular flexibility index (Phi) is 5.16. The minimum Gasteiger partial charge on any atom is -0.478 e. The molecule has 0 fully saturated rings. The zero-order valence-corrected chi connectivity index (χ0v) is 13.6. The van der Waals surface area contributed by atoms with Gasteiger partial charge in [0.1, 0.15) is 0 Å². The molecule has 2 rings (SSSR count). The number of carbonyl (C=O) groups is 2. The van der Waals surface area contributed by atoms with Gasteiger partial charge in [-0.2, -0.15) is 0 Å². The number of aryl methyl sites for hydroxylation is 1. The maximum absolute atomic E-state index is 12.5. The summed E-state index contributed by atoms with van der Waals surface area (Å²) in [5.41, 5.74) is 3.07. The van der Waals surface area contributed by atoms with Crippen LogP contribution in [0.5, 0.6) is 0 Å². The zero-order chi connectivity index (χ0) is 17.0. The third-order valence-electron chi connectivity index (χ3n) is 4.01. The summed E-state index contributed by atoms with van der Waals surface area (Å²) in [6.45, 7) is 4.05. The fourth-order valence-corrected chi connectivity index (χ4v) is 2.36. The Morgan fingerprint density at radius 2 is 1.52 bits per heavy atom. The van der Waals surface area contributed by atoms with Crippen LogP contribution in [0.25, 0.3) is 0 Å². The number of nitrogens with zero attached hydrogens (tertiary/aromatic N) is 1. The highest BCUT2D eigenvalue weighted by molar-refractivity contribution is 5.95. The number of carboxylic acids is 1. The first-order valence-electron chi connectivity index (χ1n) is 7.54. The number of carbonyl (C=O) groups excluding carboxylic acids is 1. The summed E-state index contributed by atoms with van der Waals surface area (Å²) < 4.78 is 0. The molecule has 2 aromatic carbocycles. The molecule has 1 N–H and O–H groups in total. The van der Waals surface area contributed by atoms with E-state index >= 15 is 0 Å². The van der Waals surface area contributed by atoms with E-state index in [0.717, 1.165) is 6.42 Å². The van der Waals surface area contributed by atoms with Gasteiger partial charge in [-0.15, -0.1) is 0 Å². The second-order valence-corrected chi connectivity index (χ2v) is 5.84. The van der Waals surface area contributed by atoms with Gasteiger partial charge >= 0.3 is 5.97 Å². The summed E-state index contributed by atoms with van der Waals surface area (Å²) in [5.74, 6) is -1.10.